The molecule has 0 amide bonds. The Bertz CT molecular complexity index is 739. The number of likely N-dealkylation sites (tertiary alicyclic amines) is 1. The number of hydrogen-bond acceptors (Lipinski definition) is 4. The van der Waals surface area contributed by atoms with Crippen molar-refractivity contribution in [3.05, 3.63) is 47.7 Å². The molecule has 1 saturated heterocycles. The summed E-state index contributed by atoms with van der Waals surface area (Å²) in [5.74, 6) is -0.466. The van der Waals surface area contributed by atoms with Gasteiger partial charge in [0, 0.05) is 11.6 Å². The number of nitrogens with zero attached hydrogens (tertiary/aromatic N) is 2. The van der Waals surface area contributed by atoms with E-state index in [9.17, 15) is 9.90 Å². The zero-order valence-electron chi connectivity index (χ0n) is 14.0. The van der Waals surface area contributed by atoms with Gasteiger partial charge >= 0.3 is 5.97 Å². The molecule has 0 spiro atoms. The summed E-state index contributed by atoms with van der Waals surface area (Å²) in [7, 11) is 1.57. The standard InChI is InChI=1S/C19H22N2O3/c1-13(21-10-3-4-11-21)14-6-5-7-15(12-14)18-17(24-2)9-8-16(20-18)19(22)23/h5-9,12-13H,3-4,10-11H2,1-2H3,(H,22,23)/t13-/m1/s1. The molecule has 1 aliphatic heterocycles. The Morgan fingerprint density at radius 3 is 2.67 bits per heavy atom. The van der Waals surface area contributed by atoms with Gasteiger partial charge < -0.3 is 9.84 Å². The molecule has 1 aromatic heterocycles. The Morgan fingerprint density at radius 2 is 2.00 bits per heavy atom. The highest BCUT2D eigenvalue weighted by atomic mass is 16.5. The molecule has 2 heterocycles. The van der Waals surface area contributed by atoms with Gasteiger partial charge in [-0.1, -0.05) is 18.2 Å². The molecule has 5 nitrogen and oxygen atoms in total. The summed E-state index contributed by atoms with van der Waals surface area (Å²) >= 11 is 0. The lowest BCUT2D eigenvalue weighted by Gasteiger charge is -2.24. The molecule has 0 saturated carbocycles. The maximum Gasteiger partial charge on any atom is 0.354 e. The topological polar surface area (TPSA) is 62.7 Å². The number of pyridine rings is 1. The zero-order valence-corrected chi connectivity index (χ0v) is 14.0. The molecule has 1 atom stereocenters. The van der Waals surface area contributed by atoms with E-state index >= 15 is 0 Å². The lowest BCUT2D eigenvalue weighted by atomic mass is 10.0. The van der Waals surface area contributed by atoms with Crippen molar-refractivity contribution in [1.29, 1.82) is 0 Å². The van der Waals surface area contributed by atoms with Crippen LogP contribution in [0.4, 0.5) is 0 Å². The van der Waals surface area contributed by atoms with E-state index in [2.05, 4.69) is 28.9 Å². The number of benzene rings is 1. The Morgan fingerprint density at radius 1 is 1.25 bits per heavy atom. The van der Waals surface area contributed by atoms with E-state index in [4.69, 9.17) is 4.74 Å². The van der Waals surface area contributed by atoms with Gasteiger partial charge in [0.1, 0.15) is 17.1 Å². The van der Waals surface area contributed by atoms with Crippen molar-refractivity contribution >= 4 is 5.97 Å². The summed E-state index contributed by atoms with van der Waals surface area (Å²) < 4.78 is 5.37. The molecule has 5 heteroatoms. The fraction of sp³-hybridized carbons (Fsp3) is 0.368. The molecule has 0 aliphatic carbocycles. The Kier molecular flexibility index (Phi) is 4.81. The maximum atomic E-state index is 11.2. The molecular weight excluding hydrogens is 304 g/mol. The molecule has 2 aromatic rings. The smallest absolute Gasteiger partial charge is 0.354 e. The Labute approximate surface area is 141 Å². The molecule has 0 unspecified atom stereocenters. The van der Waals surface area contributed by atoms with Gasteiger partial charge in [-0.3, -0.25) is 4.90 Å². The summed E-state index contributed by atoms with van der Waals surface area (Å²) in [6.45, 7) is 4.46. The minimum absolute atomic E-state index is 0.0174. The molecule has 1 N–H and O–H groups in total. The molecule has 1 aliphatic rings. The number of carboxylic acids is 1. The summed E-state index contributed by atoms with van der Waals surface area (Å²) in [5.41, 5.74) is 2.66. The van der Waals surface area contributed by atoms with Crippen LogP contribution in [0, 0.1) is 0 Å². The van der Waals surface area contributed by atoms with Crippen LogP contribution in [-0.4, -0.2) is 41.2 Å². The fourth-order valence-electron chi connectivity index (χ4n) is 3.22. The van der Waals surface area contributed by atoms with Crippen LogP contribution in [0.3, 0.4) is 0 Å². The zero-order chi connectivity index (χ0) is 17.1. The van der Waals surface area contributed by atoms with E-state index in [1.807, 2.05) is 12.1 Å². The molecule has 0 bridgehead atoms. The quantitative estimate of drug-likeness (QED) is 0.909. The molecule has 24 heavy (non-hydrogen) atoms. The third-order valence-corrected chi connectivity index (χ3v) is 4.63. The Balaban J connectivity index is 1.99. The molecule has 1 fully saturated rings. The summed E-state index contributed by atoms with van der Waals surface area (Å²) in [6.07, 6.45) is 2.50. The van der Waals surface area contributed by atoms with Crippen LogP contribution in [-0.2, 0) is 0 Å². The highest BCUT2D eigenvalue weighted by Gasteiger charge is 2.20. The molecular formula is C19H22N2O3. The second kappa shape index (κ2) is 7.01. The molecule has 0 radical (unpaired) electrons. The first-order valence-electron chi connectivity index (χ1n) is 8.23. The van der Waals surface area contributed by atoms with Crippen LogP contribution in [0.5, 0.6) is 5.75 Å². The van der Waals surface area contributed by atoms with E-state index in [1.54, 1.807) is 13.2 Å². The number of aromatic carboxylic acids is 1. The first kappa shape index (κ1) is 16.5. The first-order valence-corrected chi connectivity index (χ1v) is 8.23. The summed E-state index contributed by atoms with van der Waals surface area (Å²) in [6, 6.07) is 11.6. The van der Waals surface area contributed by atoms with Crippen molar-refractivity contribution in [2.45, 2.75) is 25.8 Å². The van der Waals surface area contributed by atoms with Crippen LogP contribution in [0.25, 0.3) is 11.3 Å². The second-order valence-corrected chi connectivity index (χ2v) is 6.10. The third kappa shape index (κ3) is 3.26. The van der Waals surface area contributed by atoms with Crippen LogP contribution >= 0.6 is 0 Å². The predicted molar refractivity (Wildman–Crippen MR) is 92.4 cm³/mol. The number of ether oxygens (including phenoxy) is 1. The van der Waals surface area contributed by atoms with E-state index in [0.717, 1.165) is 18.7 Å². The van der Waals surface area contributed by atoms with Gasteiger partial charge in [-0.25, -0.2) is 9.78 Å². The third-order valence-electron chi connectivity index (χ3n) is 4.63. The minimum Gasteiger partial charge on any atom is -0.494 e. The minimum atomic E-state index is -1.04. The SMILES string of the molecule is COc1ccc(C(=O)O)nc1-c1cccc([C@@H](C)N2CCCC2)c1. The van der Waals surface area contributed by atoms with Gasteiger partial charge in [0.05, 0.1) is 7.11 Å². The fourth-order valence-corrected chi connectivity index (χ4v) is 3.22. The van der Waals surface area contributed by atoms with Crippen LogP contribution < -0.4 is 4.74 Å². The highest BCUT2D eigenvalue weighted by molar-refractivity contribution is 5.86. The van der Waals surface area contributed by atoms with E-state index in [-0.39, 0.29) is 5.69 Å². The van der Waals surface area contributed by atoms with Crippen molar-refractivity contribution < 1.29 is 14.6 Å². The number of carbonyl (C=O) groups is 1. The van der Waals surface area contributed by atoms with Crippen LogP contribution in [0.1, 0.15) is 41.9 Å². The van der Waals surface area contributed by atoms with Gasteiger partial charge in [0.25, 0.3) is 0 Å². The number of rotatable bonds is 5. The normalized spacial score (nSPS) is 16.1. The molecule has 126 valence electrons. The van der Waals surface area contributed by atoms with E-state index in [0.29, 0.717) is 17.5 Å². The lowest BCUT2D eigenvalue weighted by Crippen LogP contribution is -2.23. The van der Waals surface area contributed by atoms with Crippen molar-refractivity contribution in [1.82, 2.24) is 9.88 Å². The molecule has 3 rings (SSSR count). The Hall–Kier alpha value is -2.40. The maximum absolute atomic E-state index is 11.2. The van der Waals surface area contributed by atoms with Crippen molar-refractivity contribution in [2.75, 3.05) is 20.2 Å². The average Bonchev–Trinajstić information content (AvgIpc) is 3.15. The lowest BCUT2D eigenvalue weighted by molar-refractivity contribution is 0.0690. The van der Waals surface area contributed by atoms with Gasteiger partial charge in [-0.05, 0) is 56.6 Å². The van der Waals surface area contributed by atoms with Crippen molar-refractivity contribution in [3.63, 3.8) is 0 Å². The monoisotopic (exact) mass is 326 g/mol. The molecule has 1 aromatic carbocycles. The number of methoxy groups -OCH3 is 1. The van der Waals surface area contributed by atoms with E-state index < -0.39 is 5.97 Å². The number of carboxylic acid groups (broad SMARTS) is 1. The predicted octanol–water partition coefficient (Wildman–Crippen LogP) is 3.61. The second-order valence-electron chi connectivity index (χ2n) is 6.10. The highest BCUT2D eigenvalue weighted by Crippen LogP contribution is 2.32. The van der Waals surface area contributed by atoms with Gasteiger partial charge in [-0.2, -0.15) is 0 Å². The van der Waals surface area contributed by atoms with Crippen molar-refractivity contribution in [3.8, 4) is 17.0 Å². The van der Waals surface area contributed by atoms with Gasteiger partial charge in [-0.15, -0.1) is 0 Å². The number of aromatic nitrogens is 1. The summed E-state index contributed by atoms with van der Waals surface area (Å²) in [4.78, 5) is 18.0. The van der Waals surface area contributed by atoms with Gasteiger partial charge in [0.15, 0.2) is 0 Å². The number of hydrogen-bond donors (Lipinski definition) is 1. The summed E-state index contributed by atoms with van der Waals surface area (Å²) in [5, 5.41) is 9.20. The first-order chi connectivity index (χ1) is 11.6. The average molecular weight is 326 g/mol. The van der Waals surface area contributed by atoms with E-state index in [1.165, 1.54) is 24.5 Å². The van der Waals surface area contributed by atoms with Crippen LogP contribution in [0.2, 0.25) is 0 Å². The van der Waals surface area contributed by atoms with Crippen LogP contribution in [0.15, 0.2) is 36.4 Å². The largest absolute Gasteiger partial charge is 0.494 e. The van der Waals surface area contributed by atoms with Crippen molar-refractivity contribution in [2.24, 2.45) is 0 Å². The van der Waals surface area contributed by atoms with Gasteiger partial charge in [0.2, 0.25) is 0 Å².